The Morgan fingerprint density at radius 2 is 1.89 bits per heavy atom. The average Bonchev–Trinajstić information content (AvgIpc) is 2.42. The van der Waals surface area contributed by atoms with Gasteiger partial charge in [0, 0.05) is 28.3 Å². The minimum atomic E-state index is -0.618. The van der Waals surface area contributed by atoms with E-state index in [-0.39, 0.29) is 0 Å². The predicted molar refractivity (Wildman–Crippen MR) is 81.4 cm³/mol. The monoisotopic (exact) mass is 273 g/mol. The lowest BCUT2D eigenvalue weighted by Crippen LogP contribution is -2.42. The van der Waals surface area contributed by atoms with Gasteiger partial charge in [-0.3, -0.25) is 4.21 Å². The molecule has 0 bridgehead atoms. The van der Waals surface area contributed by atoms with E-state index in [1.54, 1.807) is 0 Å². The van der Waals surface area contributed by atoms with Crippen molar-refractivity contribution in [2.75, 3.05) is 18.1 Å². The van der Waals surface area contributed by atoms with Crippen LogP contribution in [0.1, 0.15) is 65.2 Å². The molecule has 1 aliphatic rings. The van der Waals surface area contributed by atoms with E-state index in [4.69, 9.17) is 0 Å². The van der Waals surface area contributed by atoms with Crippen molar-refractivity contribution in [2.45, 2.75) is 71.3 Å². The highest BCUT2D eigenvalue weighted by molar-refractivity contribution is 7.85. The molecule has 0 amide bonds. The third-order valence-corrected chi connectivity index (χ3v) is 5.44. The third kappa shape index (κ3) is 6.33. The van der Waals surface area contributed by atoms with Gasteiger partial charge >= 0.3 is 0 Å². The van der Waals surface area contributed by atoms with Gasteiger partial charge in [-0.15, -0.1) is 0 Å². The molecule has 18 heavy (non-hydrogen) atoms. The number of rotatable bonds is 9. The summed E-state index contributed by atoms with van der Waals surface area (Å²) in [5.74, 6) is 2.55. The Morgan fingerprint density at radius 1 is 1.17 bits per heavy atom. The van der Waals surface area contributed by atoms with Crippen molar-refractivity contribution < 1.29 is 4.21 Å². The van der Waals surface area contributed by atoms with Crippen LogP contribution in [0.3, 0.4) is 0 Å². The van der Waals surface area contributed by atoms with Crippen molar-refractivity contribution in [3.63, 3.8) is 0 Å². The minimum absolute atomic E-state index is 0.503. The van der Waals surface area contributed by atoms with Gasteiger partial charge in [0.05, 0.1) is 0 Å². The van der Waals surface area contributed by atoms with Gasteiger partial charge in [-0.2, -0.15) is 0 Å². The van der Waals surface area contributed by atoms with Crippen molar-refractivity contribution in [1.82, 2.24) is 5.32 Å². The second kappa shape index (κ2) is 9.96. The van der Waals surface area contributed by atoms with Crippen LogP contribution in [-0.2, 0) is 10.8 Å². The van der Waals surface area contributed by atoms with E-state index in [0.717, 1.165) is 36.8 Å². The van der Waals surface area contributed by atoms with Crippen LogP contribution in [0.4, 0.5) is 0 Å². The first-order chi connectivity index (χ1) is 8.77. The Balaban J connectivity index is 2.40. The maximum absolute atomic E-state index is 12.1. The van der Waals surface area contributed by atoms with Crippen molar-refractivity contribution in [3.05, 3.63) is 0 Å². The highest BCUT2D eigenvalue weighted by Crippen LogP contribution is 2.27. The topological polar surface area (TPSA) is 29.1 Å². The van der Waals surface area contributed by atoms with Crippen LogP contribution in [-0.4, -0.2) is 28.3 Å². The molecule has 1 saturated carbocycles. The summed E-state index contributed by atoms with van der Waals surface area (Å²) in [6, 6.07) is 0.503. The first-order valence-electron chi connectivity index (χ1n) is 7.86. The molecule has 2 atom stereocenters. The Bertz CT molecular complexity index is 227. The van der Waals surface area contributed by atoms with Gasteiger partial charge in [0.25, 0.3) is 0 Å². The summed E-state index contributed by atoms with van der Waals surface area (Å²) in [6.45, 7) is 5.45. The quantitative estimate of drug-likeness (QED) is 0.697. The second-order valence-electron chi connectivity index (χ2n) is 5.62. The fourth-order valence-electron chi connectivity index (χ4n) is 2.82. The van der Waals surface area contributed by atoms with Crippen LogP contribution in [0.25, 0.3) is 0 Å². The number of nitrogens with one attached hydrogen (secondary N) is 1. The van der Waals surface area contributed by atoms with Crippen LogP contribution in [0, 0.1) is 5.92 Å². The Labute approximate surface area is 116 Å². The summed E-state index contributed by atoms with van der Waals surface area (Å²) >= 11 is 0. The zero-order valence-corrected chi connectivity index (χ0v) is 13.1. The minimum Gasteiger partial charge on any atom is -0.313 e. The maximum atomic E-state index is 12.1. The largest absolute Gasteiger partial charge is 0.313 e. The van der Waals surface area contributed by atoms with Crippen molar-refractivity contribution in [1.29, 1.82) is 0 Å². The molecule has 0 aromatic rings. The molecule has 1 rings (SSSR count). The van der Waals surface area contributed by atoms with E-state index in [1.165, 1.54) is 38.5 Å². The summed E-state index contributed by atoms with van der Waals surface area (Å²) in [7, 11) is -0.618. The number of hydrogen-bond acceptors (Lipinski definition) is 2. The predicted octanol–water partition coefficient (Wildman–Crippen LogP) is 3.48. The van der Waals surface area contributed by atoms with Gasteiger partial charge < -0.3 is 5.32 Å². The van der Waals surface area contributed by atoms with Gasteiger partial charge in [0.1, 0.15) is 0 Å². The van der Waals surface area contributed by atoms with Crippen molar-refractivity contribution in [3.8, 4) is 0 Å². The van der Waals surface area contributed by atoms with Gasteiger partial charge in [-0.1, -0.05) is 39.5 Å². The lowest BCUT2D eigenvalue weighted by molar-refractivity contribution is 0.284. The normalized spacial score (nSPS) is 20.8. The molecule has 3 heteroatoms. The lowest BCUT2D eigenvalue weighted by atomic mass is 9.84. The molecule has 0 heterocycles. The molecular formula is C15H31NOS. The molecule has 0 radical (unpaired) electrons. The van der Waals surface area contributed by atoms with Crippen molar-refractivity contribution >= 4 is 10.8 Å². The van der Waals surface area contributed by atoms with Crippen LogP contribution in [0.15, 0.2) is 0 Å². The zero-order valence-electron chi connectivity index (χ0n) is 12.2. The molecule has 0 aromatic carbocycles. The van der Waals surface area contributed by atoms with Crippen LogP contribution in [0.5, 0.6) is 0 Å². The first kappa shape index (κ1) is 16.2. The highest BCUT2D eigenvalue weighted by atomic mass is 32.2. The SMILES string of the molecule is CCCCS(=O)CC(NCCC)C1CCCCC1. The van der Waals surface area contributed by atoms with Crippen molar-refractivity contribution in [2.24, 2.45) is 5.92 Å². The Morgan fingerprint density at radius 3 is 2.50 bits per heavy atom. The zero-order chi connectivity index (χ0) is 13.2. The van der Waals surface area contributed by atoms with Crippen LogP contribution >= 0.6 is 0 Å². The summed E-state index contributed by atoms with van der Waals surface area (Å²) in [6.07, 6.45) is 10.3. The lowest BCUT2D eigenvalue weighted by Gasteiger charge is -2.31. The standard InChI is InChI=1S/C15H31NOS/c1-3-5-12-18(17)13-15(16-11-4-2)14-9-7-6-8-10-14/h14-16H,3-13H2,1-2H3. The summed E-state index contributed by atoms with van der Waals surface area (Å²) in [5.41, 5.74) is 0. The van der Waals surface area contributed by atoms with E-state index in [2.05, 4.69) is 19.2 Å². The first-order valence-corrected chi connectivity index (χ1v) is 9.35. The van der Waals surface area contributed by atoms with E-state index in [0.29, 0.717) is 6.04 Å². The smallest absolute Gasteiger partial charge is 0.0391 e. The molecule has 0 spiro atoms. The highest BCUT2D eigenvalue weighted by Gasteiger charge is 2.24. The van der Waals surface area contributed by atoms with E-state index in [1.807, 2.05) is 0 Å². The molecule has 2 unspecified atom stereocenters. The summed E-state index contributed by atoms with van der Waals surface area (Å²) in [4.78, 5) is 0. The number of hydrogen-bond donors (Lipinski definition) is 1. The fourth-order valence-corrected chi connectivity index (χ4v) is 4.38. The van der Waals surface area contributed by atoms with Gasteiger partial charge in [-0.25, -0.2) is 0 Å². The van der Waals surface area contributed by atoms with Gasteiger partial charge in [0.15, 0.2) is 0 Å². The van der Waals surface area contributed by atoms with Gasteiger partial charge in [0.2, 0.25) is 0 Å². The van der Waals surface area contributed by atoms with E-state index < -0.39 is 10.8 Å². The molecule has 0 aliphatic heterocycles. The maximum Gasteiger partial charge on any atom is 0.0391 e. The molecule has 1 fully saturated rings. The molecule has 1 N–H and O–H groups in total. The van der Waals surface area contributed by atoms with Crippen LogP contribution < -0.4 is 5.32 Å². The molecule has 1 aliphatic carbocycles. The molecule has 0 aromatic heterocycles. The third-order valence-electron chi connectivity index (χ3n) is 3.97. The molecule has 2 nitrogen and oxygen atoms in total. The fraction of sp³-hybridized carbons (Fsp3) is 1.00. The molecular weight excluding hydrogens is 242 g/mol. The van der Waals surface area contributed by atoms with Crippen LogP contribution in [0.2, 0.25) is 0 Å². The molecule has 108 valence electrons. The van der Waals surface area contributed by atoms with E-state index in [9.17, 15) is 4.21 Å². The number of unbranched alkanes of at least 4 members (excludes halogenated alkanes) is 1. The Kier molecular flexibility index (Phi) is 8.95. The Hall–Kier alpha value is 0.110. The molecule has 0 saturated heterocycles. The van der Waals surface area contributed by atoms with Gasteiger partial charge in [-0.05, 0) is 38.1 Å². The summed E-state index contributed by atoms with van der Waals surface area (Å²) in [5, 5.41) is 3.65. The summed E-state index contributed by atoms with van der Waals surface area (Å²) < 4.78 is 12.1. The second-order valence-corrected chi connectivity index (χ2v) is 7.24. The average molecular weight is 273 g/mol. The van der Waals surface area contributed by atoms with E-state index >= 15 is 0 Å².